The lowest BCUT2D eigenvalue weighted by molar-refractivity contribution is -0.120. The molecule has 0 radical (unpaired) electrons. The molecule has 0 aromatic carbocycles. The Morgan fingerprint density at radius 3 is 2.90 bits per heavy atom. The average molecular weight is 144 g/mol. The van der Waals surface area contributed by atoms with Crippen molar-refractivity contribution in [2.45, 2.75) is 24.9 Å². The van der Waals surface area contributed by atoms with Crippen LogP contribution < -0.4 is 11.1 Å². The lowest BCUT2D eigenvalue weighted by Crippen LogP contribution is -2.31. The lowest BCUT2D eigenvalue weighted by atomic mass is 10.1. The smallest absolute Gasteiger partial charge is 0.237 e. The Hall–Kier alpha value is -0.610. The van der Waals surface area contributed by atoms with Gasteiger partial charge in [-0.2, -0.15) is 0 Å². The molecule has 1 amide bonds. The number of rotatable bonds is 2. The molecule has 1 heterocycles. The van der Waals surface area contributed by atoms with Gasteiger partial charge in [0.1, 0.15) is 0 Å². The summed E-state index contributed by atoms with van der Waals surface area (Å²) < 4.78 is 0. The number of nitrogens with two attached hydrogens (primary N) is 1. The Labute approximate surface area is 59.4 Å². The van der Waals surface area contributed by atoms with E-state index in [9.17, 15) is 4.79 Å². The predicted octanol–water partition coefficient (Wildman–Crippen LogP) is -1.42. The Kier molecular flexibility index (Phi) is 2.24. The Bertz CT molecular complexity index is 138. The summed E-state index contributed by atoms with van der Waals surface area (Å²) in [7, 11) is 0. The largest absolute Gasteiger partial charge is 0.396 e. The van der Waals surface area contributed by atoms with Gasteiger partial charge in [-0.05, 0) is 12.8 Å². The molecular formula is C6H12N2O2. The number of amides is 1. The second kappa shape index (κ2) is 2.98. The topological polar surface area (TPSA) is 75.3 Å². The van der Waals surface area contributed by atoms with Crippen molar-refractivity contribution in [2.24, 2.45) is 5.73 Å². The highest BCUT2D eigenvalue weighted by molar-refractivity contribution is 5.84. The summed E-state index contributed by atoms with van der Waals surface area (Å²) in [5, 5.41) is 11.2. The summed E-state index contributed by atoms with van der Waals surface area (Å²) in [5.74, 6) is -0.0987. The number of carbonyl (C=O) groups excluding carboxylic acids is 1. The first kappa shape index (κ1) is 7.50. The van der Waals surface area contributed by atoms with Gasteiger partial charge >= 0.3 is 0 Å². The van der Waals surface area contributed by atoms with Gasteiger partial charge in [-0.25, -0.2) is 0 Å². The molecule has 1 rings (SSSR count). The number of hydrogen-bond acceptors (Lipinski definition) is 3. The first-order valence-corrected chi connectivity index (χ1v) is 3.41. The summed E-state index contributed by atoms with van der Waals surface area (Å²) in [5.41, 5.74) is 5.41. The minimum atomic E-state index is -0.364. The van der Waals surface area contributed by atoms with Crippen LogP contribution >= 0.6 is 0 Å². The third-order valence-electron chi connectivity index (χ3n) is 1.70. The van der Waals surface area contributed by atoms with Crippen LogP contribution in [0.2, 0.25) is 0 Å². The van der Waals surface area contributed by atoms with Crippen LogP contribution in [0.15, 0.2) is 0 Å². The van der Waals surface area contributed by atoms with Crippen LogP contribution in [-0.2, 0) is 4.79 Å². The van der Waals surface area contributed by atoms with E-state index in [2.05, 4.69) is 5.32 Å². The van der Waals surface area contributed by atoms with Gasteiger partial charge in [-0.1, -0.05) is 0 Å². The van der Waals surface area contributed by atoms with E-state index in [1.165, 1.54) is 0 Å². The van der Waals surface area contributed by atoms with E-state index >= 15 is 0 Å². The third kappa shape index (κ3) is 1.46. The quantitative estimate of drug-likeness (QED) is 0.445. The zero-order valence-corrected chi connectivity index (χ0v) is 5.71. The molecule has 0 unspecified atom stereocenters. The molecule has 58 valence electrons. The zero-order valence-electron chi connectivity index (χ0n) is 5.71. The normalized spacial score (nSPS) is 32.4. The molecule has 2 atom stereocenters. The van der Waals surface area contributed by atoms with Gasteiger partial charge in [0.25, 0.3) is 0 Å². The molecule has 0 aromatic rings. The van der Waals surface area contributed by atoms with Gasteiger partial charge < -0.3 is 16.2 Å². The van der Waals surface area contributed by atoms with E-state index in [1.54, 1.807) is 0 Å². The van der Waals surface area contributed by atoms with Crippen LogP contribution in [0.3, 0.4) is 0 Å². The molecule has 0 aromatic heterocycles. The summed E-state index contributed by atoms with van der Waals surface area (Å²) in [6.45, 7) is 0.109. The molecule has 4 nitrogen and oxygen atoms in total. The highest BCUT2D eigenvalue weighted by Gasteiger charge is 2.27. The molecule has 1 aliphatic rings. The van der Waals surface area contributed by atoms with Crippen molar-refractivity contribution in [1.82, 2.24) is 5.32 Å². The van der Waals surface area contributed by atoms with Crippen molar-refractivity contribution in [3.63, 3.8) is 0 Å². The fourth-order valence-electron chi connectivity index (χ4n) is 1.13. The minimum Gasteiger partial charge on any atom is -0.396 e. The van der Waals surface area contributed by atoms with Crippen molar-refractivity contribution in [3.8, 4) is 0 Å². The number of nitrogens with one attached hydrogen (secondary N) is 1. The molecule has 0 saturated carbocycles. The van der Waals surface area contributed by atoms with Crippen molar-refractivity contribution in [2.75, 3.05) is 6.61 Å². The van der Waals surface area contributed by atoms with E-state index in [4.69, 9.17) is 10.8 Å². The summed E-state index contributed by atoms with van der Waals surface area (Å²) in [4.78, 5) is 10.7. The van der Waals surface area contributed by atoms with Crippen molar-refractivity contribution in [3.05, 3.63) is 0 Å². The zero-order chi connectivity index (χ0) is 7.56. The summed E-state index contributed by atoms with van der Waals surface area (Å²) >= 11 is 0. The van der Waals surface area contributed by atoms with E-state index in [0.29, 0.717) is 12.8 Å². The Morgan fingerprint density at radius 1 is 1.80 bits per heavy atom. The molecule has 0 aliphatic carbocycles. The molecule has 4 N–H and O–H groups in total. The molecule has 10 heavy (non-hydrogen) atoms. The van der Waals surface area contributed by atoms with Crippen LogP contribution in [0.5, 0.6) is 0 Å². The summed E-state index contributed by atoms with van der Waals surface area (Å²) in [6.07, 6.45) is 1.26. The molecule has 0 bridgehead atoms. The first-order chi connectivity index (χ1) is 4.74. The standard InChI is InChI=1S/C6H12N2O2/c7-5-3-4(1-2-9)8-6(5)10/h4-5,9H,1-3,7H2,(H,8,10)/t4-,5-/m1/s1. The van der Waals surface area contributed by atoms with Crippen LogP contribution in [-0.4, -0.2) is 29.7 Å². The maximum atomic E-state index is 10.7. The number of carbonyl (C=O) groups is 1. The minimum absolute atomic E-state index is 0.0903. The van der Waals surface area contributed by atoms with E-state index in [1.807, 2.05) is 0 Å². The van der Waals surface area contributed by atoms with Crippen LogP contribution in [0.25, 0.3) is 0 Å². The van der Waals surface area contributed by atoms with Crippen molar-refractivity contribution in [1.29, 1.82) is 0 Å². The molecule has 4 heteroatoms. The predicted molar refractivity (Wildman–Crippen MR) is 36.2 cm³/mol. The molecule has 0 spiro atoms. The van der Waals surface area contributed by atoms with Gasteiger partial charge in [0.15, 0.2) is 0 Å². The molecular weight excluding hydrogens is 132 g/mol. The average Bonchev–Trinajstić information content (AvgIpc) is 2.14. The molecule has 1 saturated heterocycles. The highest BCUT2D eigenvalue weighted by atomic mass is 16.3. The fraction of sp³-hybridized carbons (Fsp3) is 0.833. The second-order valence-electron chi connectivity index (χ2n) is 2.56. The van der Waals surface area contributed by atoms with Gasteiger partial charge in [-0.3, -0.25) is 4.79 Å². The molecule has 1 aliphatic heterocycles. The van der Waals surface area contributed by atoms with E-state index in [0.717, 1.165) is 0 Å². The monoisotopic (exact) mass is 144 g/mol. The maximum absolute atomic E-state index is 10.7. The SMILES string of the molecule is N[C@@H]1C[C@@H](CCO)NC1=O. The number of aliphatic hydroxyl groups is 1. The number of aliphatic hydroxyl groups excluding tert-OH is 1. The van der Waals surface area contributed by atoms with E-state index in [-0.39, 0.29) is 24.6 Å². The lowest BCUT2D eigenvalue weighted by Gasteiger charge is -2.04. The van der Waals surface area contributed by atoms with E-state index < -0.39 is 0 Å². The highest BCUT2D eigenvalue weighted by Crippen LogP contribution is 2.08. The van der Waals surface area contributed by atoms with Crippen LogP contribution in [0, 0.1) is 0 Å². The summed E-state index contributed by atoms with van der Waals surface area (Å²) in [6, 6.07) is -0.274. The Balaban J connectivity index is 2.34. The molecule has 1 fully saturated rings. The maximum Gasteiger partial charge on any atom is 0.237 e. The second-order valence-corrected chi connectivity index (χ2v) is 2.56. The first-order valence-electron chi connectivity index (χ1n) is 3.41. The van der Waals surface area contributed by atoms with Gasteiger partial charge in [0, 0.05) is 12.6 Å². The van der Waals surface area contributed by atoms with Crippen LogP contribution in [0.4, 0.5) is 0 Å². The third-order valence-corrected chi connectivity index (χ3v) is 1.70. The van der Waals surface area contributed by atoms with Gasteiger partial charge in [-0.15, -0.1) is 0 Å². The van der Waals surface area contributed by atoms with Gasteiger partial charge in [0.2, 0.25) is 5.91 Å². The fourth-order valence-corrected chi connectivity index (χ4v) is 1.13. The van der Waals surface area contributed by atoms with Gasteiger partial charge in [0.05, 0.1) is 6.04 Å². The Morgan fingerprint density at radius 2 is 2.50 bits per heavy atom. The van der Waals surface area contributed by atoms with Crippen molar-refractivity contribution < 1.29 is 9.90 Å². The van der Waals surface area contributed by atoms with Crippen LogP contribution in [0.1, 0.15) is 12.8 Å². The van der Waals surface area contributed by atoms with Crippen molar-refractivity contribution >= 4 is 5.91 Å². The number of hydrogen-bond donors (Lipinski definition) is 3.